The molecule has 1 aromatic heterocycles. The number of aromatic nitrogens is 2. The smallest absolute Gasteiger partial charge is 0.266 e. The quantitative estimate of drug-likeness (QED) is 0.167. The first-order valence-corrected chi connectivity index (χ1v) is 11.2. The Morgan fingerprint density at radius 2 is 1.57 bits per heavy atom. The van der Waals surface area contributed by atoms with Crippen LogP contribution in [0.3, 0.4) is 0 Å². The van der Waals surface area contributed by atoms with E-state index in [1.165, 1.54) is 11.8 Å². The normalized spacial score (nSPS) is 11.1. The zero-order valence-electron chi connectivity index (χ0n) is 14.4. The summed E-state index contributed by atoms with van der Waals surface area (Å²) in [7, 11) is 0. The minimum atomic E-state index is -0.0931. The fraction of sp³-hybridized carbons (Fsp3) is 0.0476. The first-order chi connectivity index (χ1) is 13.5. The largest absolute Gasteiger partial charge is 0.268 e. The molecule has 0 aliphatic heterocycles. The molecule has 0 radical (unpaired) electrons. The molecule has 0 saturated carbocycles. The lowest BCUT2D eigenvalue weighted by Crippen LogP contribution is -2.21. The Labute approximate surface area is 189 Å². The Balaban J connectivity index is 1.84. The summed E-state index contributed by atoms with van der Waals surface area (Å²) < 4.78 is 2.64. The van der Waals surface area contributed by atoms with Gasteiger partial charge < -0.3 is 0 Å². The van der Waals surface area contributed by atoms with Crippen LogP contribution in [0.15, 0.2) is 76.7 Å². The molecular formula is C21H13Cl2IN2OS. The Bertz CT molecular complexity index is 1210. The van der Waals surface area contributed by atoms with E-state index in [1.807, 2.05) is 54.6 Å². The Hall–Kier alpha value is -1.54. The fourth-order valence-corrected chi connectivity index (χ4v) is 4.49. The van der Waals surface area contributed by atoms with Crippen LogP contribution in [0.5, 0.6) is 0 Å². The van der Waals surface area contributed by atoms with Crippen LogP contribution in [0, 0.1) is 3.57 Å². The van der Waals surface area contributed by atoms with Crippen LogP contribution in [-0.4, -0.2) is 9.55 Å². The van der Waals surface area contributed by atoms with E-state index >= 15 is 0 Å². The molecule has 0 unspecified atom stereocenters. The van der Waals surface area contributed by atoms with Gasteiger partial charge in [0.1, 0.15) is 0 Å². The van der Waals surface area contributed by atoms with E-state index in [0.717, 1.165) is 14.8 Å². The third-order valence-corrected chi connectivity index (χ3v) is 6.35. The van der Waals surface area contributed by atoms with Crippen LogP contribution in [0.1, 0.15) is 5.56 Å². The highest BCUT2D eigenvalue weighted by Crippen LogP contribution is 2.26. The van der Waals surface area contributed by atoms with Crippen molar-refractivity contribution in [2.75, 3.05) is 0 Å². The predicted octanol–water partition coefficient (Wildman–Crippen LogP) is 6.59. The number of thioether (sulfide) groups is 1. The molecule has 0 bridgehead atoms. The SMILES string of the molecule is O=c1c2cc(I)ccc2nc(SCc2ccc(Cl)cc2)n1-c1ccc(Cl)cc1. The molecule has 0 aliphatic rings. The summed E-state index contributed by atoms with van der Waals surface area (Å²) in [6.07, 6.45) is 0. The topological polar surface area (TPSA) is 34.9 Å². The zero-order valence-corrected chi connectivity index (χ0v) is 18.9. The van der Waals surface area contributed by atoms with Gasteiger partial charge in [-0.2, -0.15) is 0 Å². The zero-order chi connectivity index (χ0) is 19.7. The van der Waals surface area contributed by atoms with Crippen molar-refractivity contribution in [3.05, 3.63) is 96.3 Å². The van der Waals surface area contributed by atoms with Crippen molar-refractivity contribution in [2.24, 2.45) is 0 Å². The van der Waals surface area contributed by atoms with Crippen molar-refractivity contribution in [3.8, 4) is 5.69 Å². The lowest BCUT2D eigenvalue weighted by molar-refractivity contribution is 0.819. The molecule has 3 nitrogen and oxygen atoms in total. The van der Waals surface area contributed by atoms with E-state index in [2.05, 4.69) is 22.6 Å². The van der Waals surface area contributed by atoms with Crippen molar-refractivity contribution in [1.82, 2.24) is 9.55 Å². The molecule has 28 heavy (non-hydrogen) atoms. The third kappa shape index (κ3) is 4.22. The van der Waals surface area contributed by atoms with Gasteiger partial charge in [-0.3, -0.25) is 9.36 Å². The van der Waals surface area contributed by atoms with Crippen LogP contribution in [0.25, 0.3) is 16.6 Å². The van der Waals surface area contributed by atoms with Gasteiger partial charge >= 0.3 is 0 Å². The third-order valence-electron chi connectivity index (χ3n) is 4.17. The van der Waals surface area contributed by atoms with Gasteiger partial charge in [-0.05, 0) is 82.8 Å². The monoisotopic (exact) mass is 538 g/mol. The molecule has 0 N–H and O–H groups in total. The highest BCUT2D eigenvalue weighted by atomic mass is 127. The minimum Gasteiger partial charge on any atom is -0.268 e. The molecule has 4 aromatic rings. The summed E-state index contributed by atoms with van der Waals surface area (Å²) >= 11 is 15.7. The first-order valence-electron chi connectivity index (χ1n) is 8.37. The molecule has 0 amide bonds. The van der Waals surface area contributed by atoms with Gasteiger partial charge in [-0.15, -0.1) is 0 Å². The number of fused-ring (bicyclic) bond motifs is 1. The van der Waals surface area contributed by atoms with Gasteiger partial charge in [0.15, 0.2) is 5.16 Å². The second kappa shape index (κ2) is 8.45. The lowest BCUT2D eigenvalue weighted by atomic mass is 10.2. The Kier molecular flexibility index (Phi) is 5.96. The summed E-state index contributed by atoms with van der Waals surface area (Å²) in [4.78, 5) is 18.1. The maximum atomic E-state index is 13.3. The van der Waals surface area contributed by atoms with Crippen LogP contribution in [0.4, 0.5) is 0 Å². The molecule has 140 valence electrons. The maximum absolute atomic E-state index is 13.3. The number of nitrogens with zero attached hydrogens (tertiary/aromatic N) is 2. The van der Waals surface area contributed by atoms with Crippen LogP contribution >= 0.6 is 57.6 Å². The molecule has 0 aliphatic carbocycles. The average molecular weight is 539 g/mol. The molecule has 0 atom stereocenters. The molecule has 0 saturated heterocycles. The summed E-state index contributed by atoms with van der Waals surface area (Å²) in [5, 5.41) is 2.55. The van der Waals surface area contributed by atoms with E-state index in [0.29, 0.717) is 31.9 Å². The van der Waals surface area contributed by atoms with Gasteiger partial charge in [0.25, 0.3) is 5.56 Å². The summed E-state index contributed by atoms with van der Waals surface area (Å²) in [6.45, 7) is 0. The second-order valence-corrected chi connectivity index (χ2v) is 9.15. The van der Waals surface area contributed by atoms with Crippen molar-refractivity contribution in [2.45, 2.75) is 10.9 Å². The molecule has 7 heteroatoms. The second-order valence-electron chi connectivity index (χ2n) is 6.09. The molecule has 3 aromatic carbocycles. The summed E-state index contributed by atoms with van der Waals surface area (Å²) in [5.41, 5.74) is 2.44. The average Bonchev–Trinajstić information content (AvgIpc) is 2.69. The van der Waals surface area contributed by atoms with Gasteiger partial charge in [0, 0.05) is 19.4 Å². The Morgan fingerprint density at radius 1 is 0.929 bits per heavy atom. The fourth-order valence-electron chi connectivity index (χ4n) is 2.78. The predicted molar refractivity (Wildman–Crippen MR) is 126 cm³/mol. The van der Waals surface area contributed by atoms with E-state index in [-0.39, 0.29) is 5.56 Å². The summed E-state index contributed by atoms with van der Waals surface area (Å²) in [6, 6.07) is 20.6. The maximum Gasteiger partial charge on any atom is 0.266 e. The van der Waals surface area contributed by atoms with Crippen molar-refractivity contribution >= 4 is 68.5 Å². The molecule has 4 rings (SSSR count). The van der Waals surface area contributed by atoms with Crippen LogP contribution < -0.4 is 5.56 Å². The number of halogens is 3. The molecule has 1 heterocycles. The van der Waals surface area contributed by atoms with Crippen molar-refractivity contribution in [3.63, 3.8) is 0 Å². The van der Waals surface area contributed by atoms with Crippen molar-refractivity contribution < 1.29 is 0 Å². The highest BCUT2D eigenvalue weighted by Gasteiger charge is 2.14. The standard InChI is InChI=1S/C21H13Cl2IN2OS/c22-14-3-1-13(2-4-14)12-28-21-25-19-10-7-16(24)11-18(19)20(27)26(21)17-8-5-15(23)6-9-17/h1-11H,12H2. The van der Waals surface area contributed by atoms with E-state index in [4.69, 9.17) is 28.2 Å². The minimum absolute atomic E-state index is 0.0931. The molecule has 0 spiro atoms. The number of rotatable bonds is 4. The molecular weight excluding hydrogens is 526 g/mol. The number of hydrogen-bond acceptors (Lipinski definition) is 3. The lowest BCUT2D eigenvalue weighted by Gasteiger charge is -2.13. The van der Waals surface area contributed by atoms with Gasteiger partial charge in [0.2, 0.25) is 0 Å². The number of benzene rings is 3. The van der Waals surface area contributed by atoms with Crippen molar-refractivity contribution in [1.29, 1.82) is 0 Å². The summed E-state index contributed by atoms with van der Waals surface area (Å²) in [5.74, 6) is 0.674. The first kappa shape index (κ1) is 19.8. The van der Waals surface area contributed by atoms with Gasteiger partial charge in [-0.25, -0.2) is 4.98 Å². The van der Waals surface area contributed by atoms with Gasteiger partial charge in [-0.1, -0.05) is 47.1 Å². The van der Waals surface area contributed by atoms with Crippen LogP contribution in [-0.2, 0) is 5.75 Å². The Morgan fingerprint density at radius 3 is 2.25 bits per heavy atom. The van der Waals surface area contributed by atoms with Gasteiger partial charge in [0.05, 0.1) is 16.6 Å². The van der Waals surface area contributed by atoms with E-state index in [9.17, 15) is 4.79 Å². The highest BCUT2D eigenvalue weighted by molar-refractivity contribution is 14.1. The van der Waals surface area contributed by atoms with E-state index < -0.39 is 0 Å². The van der Waals surface area contributed by atoms with Crippen LogP contribution in [0.2, 0.25) is 10.0 Å². The van der Waals surface area contributed by atoms with E-state index in [1.54, 1.807) is 16.7 Å². The number of hydrogen-bond donors (Lipinski definition) is 0. The molecule has 0 fully saturated rings.